The third-order valence-corrected chi connectivity index (χ3v) is 7.68. The minimum absolute atomic E-state index is 0.141. The predicted octanol–water partition coefficient (Wildman–Crippen LogP) is 3.82. The van der Waals surface area contributed by atoms with Gasteiger partial charge in [0, 0.05) is 10.0 Å². The van der Waals surface area contributed by atoms with Gasteiger partial charge < -0.3 is 24.1 Å². The fourth-order valence-corrected chi connectivity index (χ4v) is 5.84. The van der Waals surface area contributed by atoms with Crippen LogP contribution in [-0.4, -0.2) is 48.0 Å². The highest BCUT2D eigenvalue weighted by atomic mass is 79.9. The van der Waals surface area contributed by atoms with Crippen LogP contribution in [0, 0.1) is 0 Å². The Labute approximate surface area is 248 Å². The average Bonchev–Trinajstić information content (AvgIpc) is 3.22. The Balaban J connectivity index is 1.93. The van der Waals surface area contributed by atoms with E-state index in [1.165, 1.54) is 23.0 Å². The topological polar surface area (TPSA) is 126 Å². The number of para-hydroxylation sites is 1. The van der Waals surface area contributed by atoms with E-state index in [0.29, 0.717) is 42.1 Å². The molecule has 1 N–H and O–H groups in total. The number of hydrogen-bond acceptors (Lipinski definition) is 9. The number of rotatable bonds is 10. The molecule has 0 amide bonds. The van der Waals surface area contributed by atoms with Crippen molar-refractivity contribution in [3.8, 4) is 17.2 Å². The summed E-state index contributed by atoms with van der Waals surface area (Å²) in [6, 6.07) is 9.68. The lowest BCUT2D eigenvalue weighted by molar-refractivity contribution is -0.140. The second-order valence-electron chi connectivity index (χ2n) is 9.21. The van der Waals surface area contributed by atoms with E-state index in [2.05, 4.69) is 20.9 Å². The number of allylic oxidation sites excluding steroid dienone is 1. The zero-order chi connectivity index (χ0) is 29.8. The monoisotopic (exact) mass is 644 g/mol. The van der Waals surface area contributed by atoms with Gasteiger partial charge in [0.1, 0.15) is 11.8 Å². The highest BCUT2D eigenvalue weighted by Crippen LogP contribution is 2.37. The maximum absolute atomic E-state index is 14.0. The van der Waals surface area contributed by atoms with Crippen LogP contribution < -0.4 is 29.1 Å². The van der Waals surface area contributed by atoms with Crippen molar-refractivity contribution in [1.29, 1.82) is 0 Å². The molecule has 41 heavy (non-hydrogen) atoms. The van der Waals surface area contributed by atoms with Crippen LogP contribution >= 0.6 is 27.3 Å². The van der Waals surface area contributed by atoms with Crippen molar-refractivity contribution in [2.45, 2.75) is 39.8 Å². The van der Waals surface area contributed by atoms with Crippen molar-refractivity contribution in [3.05, 3.63) is 83.0 Å². The number of hydrogen-bond donors (Lipinski definition) is 1. The molecular formula is C29H29BrN2O8S. The SMILES string of the molecule is CCOC(=O)C1=C(C)N=c2s/c(=C/c3cc(OC)c(OCC(=O)O)cc3Br)c(=O)n2[C@@H]1c1ccccc1OC(C)C. The Morgan fingerprint density at radius 2 is 1.93 bits per heavy atom. The molecule has 0 saturated heterocycles. The number of aliphatic carboxylic acids is 1. The number of thiazole rings is 1. The molecule has 3 aromatic rings. The lowest BCUT2D eigenvalue weighted by atomic mass is 9.95. The molecule has 12 heteroatoms. The van der Waals surface area contributed by atoms with Gasteiger partial charge in [-0.25, -0.2) is 14.6 Å². The van der Waals surface area contributed by atoms with Crippen molar-refractivity contribution >= 4 is 45.3 Å². The highest BCUT2D eigenvalue weighted by Gasteiger charge is 2.35. The number of nitrogens with zero attached hydrogens (tertiary/aromatic N) is 2. The first-order valence-electron chi connectivity index (χ1n) is 12.7. The molecule has 0 radical (unpaired) electrons. The van der Waals surface area contributed by atoms with E-state index in [0.717, 1.165) is 0 Å². The molecule has 0 aliphatic carbocycles. The second-order valence-corrected chi connectivity index (χ2v) is 11.1. The number of carbonyl (C=O) groups excluding carboxylic acids is 1. The summed E-state index contributed by atoms with van der Waals surface area (Å²) in [5, 5.41) is 8.96. The first kappa shape index (κ1) is 30.1. The third-order valence-electron chi connectivity index (χ3n) is 6.01. The largest absolute Gasteiger partial charge is 0.493 e. The van der Waals surface area contributed by atoms with Crippen molar-refractivity contribution < 1.29 is 33.6 Å². The lowest BCUT2D eigenvalue weighted by Crippen LogP contribution is -2.40. The Kier molecular flexibility index (Phi) is 9.34. The van der Waals surface area contributed by atoms with E-state index in [-0.39, 0.29) is 29.6 Å². The Morgan fingerprint density at radius 3 is 2.59 bits per heavy atom. The van der Waals surface area contributed by atoms with E-state index in [1.807, 2.05) is 32.0 Å². The van der Waals surface area contributed by atoms with Crippen LogP contribution in [0.5, 0.6) is 17.2 Å². The Hall–Kier alpha value is -3.90. The summed E-state index contributed by atoms with van der Waals surface area (Å²) in [6.45, 7) is 6.88. The molecule has 0 bridgehead atoms. The molecule has 0 spiro atoms. The number of carboxylic acid groups (broad SMARTS) is 1. The van der Waals surface area contributed by atoms with Crippen LogP contribution in [0.25, 0.3) is 6.08 Å². The number of esters is 1. The van der Waals surface area contributed by atoms with Gasteiger partial charge in [-0.05, 0) is 57.5 Å². The Bertz CT molecular complexity index is 1710. The fraction of sp³-hybridized carbons (Fsp3) is 0.310. The summed E-state index contributed by atoms with van der Waals surface area (Å²) in [5.41, 5.74) is 1.58. The molecule has 2 heterocycles. The molecule has 4 rings (SSSR count). The van der Waals surface area contributed by atoms with Gasteiger partial charge in [0.15, 0.2) is 22.9 Å². The van der Waals surface area contributed by atoms with Gasteiger partial charge in [-0.3, -0.25) is 9.36 Å². The lowest BCUT2D eigenvalue weighted by Gasteiger charge is -2.26. The van der Waals surface area contributed by atoms with Crippen LogP contribution in [0.1, 0.15) is 44.9 Å². The minimum Gasteiger partial charge on any atom is -0.493 e. The number of halogens is 1. The van der Waals surface area contributed by atoms with Gasteiger partial charge >= 0.3 is 11.9 Å². The second kappa shape index (κ2) is 12.7. The summed E-state index contributed by atoms with van der Waals surface area (Å²) in [6.07, 6.45) is 1.53. The minimum atomic E-state index is -1.12. The summed E-state index contributed by atoms with van der Waals surface area (Å²) >= 11 is 4.66. The molecule has 0 fully saturated rings. The molecule has 216 valence electrons. The van der Waals surface area contributed by atoms with E-state index < -0.39 is 24.6 Å². The van der Waals surface area contributed by atoms with E-state index in [1.54, 1.807) is 38.1 Å². The summed E-state index contributed by atoms with van der Waals surface area (Å²) < 4.78 is 24.6. The van der Waals surface area contributed by atoms with Crippen molar-refractivity contribution in [1.82, 2.24) is 4.57 Å². The summed E-state index contributed by atoms with van der Waals surface area (Å²) in [7, 11) is 1.44. The Morgan fingerprint density at radius 1 is 1.20 bits per heavy atom. The van der Waals surface area contributed by atoms with Gasteiger partial charge in [0.25, 0.3) is 5.56 Å². The van der Waals surface area contributed by atoms with E-state index >= 15 is 0 Å². The predicted molar refractivity (Wildman–Crippen MR) is 156 cm³/mol. The molecular weight excluding hydrogens is 616 g/mol. The summed E-state index contributed by atoms with van der Waals surface area (Å²) in [5.74, 6) is -0.607. The normalized spacial score (nSPS) is 14.9. The van der Waals surface area contributed by atoms with Crippen molar-refractivity contribution in [2.24, 2.45) is 4.99 Å². The number of aromatic nitrogens is 1. The molecule has 1 aliphatic heterocycles. The van der Waals surface area contributed by atoms with E-state index in [9.17, 15) is 14.4 Å². The average molecular weight is 646 g/mol. The highest BCUT2D eigenvalue weighted by molar-refractivity contribution is 9.10. The number of ether oxygens (including phenoxy) is 4. The van der Waals surface area contributed by atoms with Crippen molar-refractivity contribution in [3.63, 3.8) is 0 Å². The van der Waals surface area contributed by atoms with Gasteiger partial charge in [0.2, 0.25) is 0 Å². The number of carbonyl (C=O) groups is 2. The molecule has 1 aliphatic rings. The smallest absolute Gasteiger partial charge is 0.341 e. The summed E-state index contributed by atoms with van der Waals surface area (Å²) in [4.78, 5) is 43.2. The van der Waals surface area contributed by atoms with Gasteiger partial charge in [-0.2, -0.15) is 0 Å². The molecule has 1 atom stereocenters. The zero-order valence-electron chi connectivity index (χ0n) is 23.1. The number of fused-ring (bicyclic) bond motifs is 1. The van der Waals surface area contributed by atoms with Gasteiger partial charge in [0.05, 0.1) is 35.6 Å². The third kappa shape index (κ3) is 6.38. The number of benzene rings is 2. The van der Waals surface area contributed by atoms with Gasteiger partial charge in [-0.1, -0.05) is 45.5 Å². The zero-order valence-corrected chi connectivity index (χ0v) is 25.5. The van der Waals surface area contributed by atoms with E-state index in [4.69, 9.17) is 24.1 Å². The molecule has 10 nitrogen and oxygen atoms in total. The molecule has 0 unspecified atom stereocenters. The van der Waals surface area contributed by atoms with Crippen molar-refractivity contribution in [2.75, 3.05) is 20.3 Å². The first-order valence-corrected chi connectivity index (χ1v) is 14.3. The maximum atomic E-state index is 14.0. The molecule has 2 aromatic carbocycles. The molecule has 1 aromatic heterocycles. The quantitative estimate of drug-likeness (QED) is 0.330. The van der Waals surface area contributed by atoms with Crippen LogP contribution in [0.15, 0.2) is 61.9 Å². The van der Waals surface area contributed by atoms with Crippen LogP contribution in [0.3, 0.4) is 0 Å². The van der Waals surface area contributed by atoms with Crippen LogP contribution in [0.2, 0.25) is 0 Å². The molecule has 0 saturated carbocycles. The fourth-order valence-electron chi connectivity index (χ4n) is 4.37. The number of carboxylic acids is 1. The van der Waals surface area contributed by atoms with Crippen LogP contribution in [0.4, 0.5) is 0 Å². The van der Waals surface area contributed by atoms with Crippen LogP contribution in [-0.2, 0) is 14.3 Å². The number of methoxy groups -OCH3 is 1. The maximum Gasteiger partial charge on any atom is 0.341 e. The van der Waals surface area contributed by atoms with Gasteiger partial charge in [-0.15, -0.1) is 0 Å². The standard InChI is InChI=1S/C29H29BrN2O8S/c1-6-38-28(36)25-16(4)31-29-32(26(25)18-9-7-8-10-20(18)40-15(2)3)27(35)23(41-29)12-17-11-21(37-5)22(13-19(17)30)39-14-24(33)34/h7-13,15,26H,6,14H2,1-5H3,(H,33,34)/b23-12+/t26-/m1/s1. The first-order chi connectivity index (χ1) is 19.5.